The van der Waals surface area contributed by atoms with Gasteiger partial charge in [-0.3, -0.25) is 4.90 Å². The van der Waals surface area contributed by atoms with E-state index in [9.17, 15) is 8.42 Å². The fourth-order valence-corrected chi connectivity index (χ4v) is 4.66. The lowest BCUT2D eigenvalue weighted by Crippen LogP contribution is -2.41. The second-order valence-corrected chi connectivity index (χ2v) is 10.1. The van der Waals surface area contributed by atoms with Gasteiger partial charge in [-0.05, 0) is 49.7 Å². The number of benzene rings is 1. The van der Waals surface area contributed by atoms with Crippen molar-refractivity contribution < 1.29 is 17.9 Å². The average Bonchev–Trinajstić information content (AvgIpc) is 3.00. The van der Waals surface area contributed by atoms with E-state index in [1.165, 1.54) is 6.26 Å². The van der Waals surface area contributed by atoms with Gasteiger partial charge in [0.25, 0.3) is 0 Å². The fourth-order valence-electron chi connectivity index (χ4n) is 3.93. The second-order valence-electron chi connectivity index (χ2n) is 7.91. The molecule has 0 amide bonds. The monoisotopic (exact) mass is 453 g/mol. The van der Waals surface area contributed by atoms with Crippen LogP contribution in [0.2, 0.25) is 0 Å². The van der Waals surface area contributed by atoms with Crippen LogP contribution in [-0.2, 0) is 23.7 Å². The molecular formula is C19H27N5O4S2. The molecule has 3 heterocycles. The van der Waals surface area contributed by atoms with Gasteiger partial charge in [-0.2, -0.15) is 5.10 Å². The molecule has 2 aromatic rings. The molecule has 1 aromatic carbocycles. The molecule has 1 N–H and O–H groups in total. The highest BCUT2D eigenvalue weighted by molar-refractivity contribution is 7.88. The van der Waals surface area contributed by atoms with Crippen LogP contribution in [-0.4, -0.2) is 60.2 Å². The first-order valence-electron chi connectivity index (χ1n) is 9.99. The van der Waals surface area contributed by atoms with Crippen LogP contribution in [0.15, 0.2) is 24.3 Å². The lowest BCUT2D eigenvalue weighted by atomic mass is 9.99. The van der Waals surface area contributed by atoms with Gasteiger partial charge in [0.05, 0.1) is 12.9 Å². The summed E-state index contributed by atoms with van der Waals surface area (Å²) in [6.45, 7) is 3.12. The molecule has 0 spiro atoms. The predicted octanol–water partition coefficient (Wildman–Crippen LogP) is 1.68. The molecule has 0 saturated carbocycles. The molecule has 0 bridgehead atoms. The Morgan fingerprint density at radius 1 is 1.30 bits per heavy atom. The molecule has 1 aromatic heterocycles. The molecule has 1 saturated heterocycles. The molecule has 2 atom stereocenters. The van der Waals surface area contributed by atoms with Crippen LogP contribution in [0.25, 0.3) is 0 Å². The smallest absolute Gasteiger partial charge is 0.208 e. The maximum absolute atomic E-state index is 11.4. The minimum atomic E-state index is -3.17. The van der Waals surface area contributed by atoms with Crippen molar-refractivity contribution in [2.45, 2.75) is 25.6 Å². The molecule has 1 fully saturated rings. The number of hydrogen-bond acceptors (Lipinski definition) is 7. The number of sulfonamides is 1. The SMILES string of the molecule is Cn1c(C2COc3ccccc3O2)nn(CN2CCCC(CNS(C)(=O)=O)C2)c1=S. The Balaban J connectivity index is 1.44. The number of piperidine rings is 1. The molecule has 2 aliphatic heterocycles. The van der Waals surface area contributed by atoms with Gasteiger partial charge < -0.3 is 14.0 Å². The highest BCUT2D eigenvalue weighted by atomic mass is 32.2. The Morgan fingerprint density at radius 3 is 2.83 bits per heavy atom. The summed E-state index contributed by atoms with van der Waals surface area (Å²) in [7, 11) is -1.29. The van der Waals surface area contributed by atoms with E-state index in [2.05, 4.69) is 9.62 Å². The zero-order valence-corrected chi connectivity index (χ0v) is 18.8. The normalized spacial score (nSPS) is 22.2. The van der Waals surface area contributed by atoms with Crippen molar-refractivity contribution in [2.75, 3.05) is 32.5 Å². The van der Waals surface area contributed by atoms with E-state index in [0.717, 1.165) is 37.5 Å². The highest BCUT2D eigenvalue weighted by Gasteiger charge is 2.28. The van der Waals surface area contributed by atoms with Crippen LogP contribution < -0.4 is 14.2 Å². The second kappa shape index (κ2) is 8.66. The third-order valence-electron chi connectivity index (χ3n) is 5.44. The van der Waals surface area contributed by atoms with Gasteiger partial charge in [-0.25, -0.2) is 17.8 Å². The van der Waals surface area contributed by atoms with Gasteiger partial charge in [0.1, 0.15) is 6.61 Å². The van der Waals surface area contributed by atoms with E-state index in [1.54, 1.807) is 4.68 Å². The summed E-state index contributed by atoms with van der Waals surface area (Å²) >= 11 is 5.61. The first-order chi connectivity index (χ1) is 14.3. The number of ether oxygens (including phenoxy) is 2. The lowest BCUT2D eigenvalue weighted by Gasteiger charge is -2.32. The summed E-state index contributed by atoms with van der Waals surface area (Å²) in [5, 5.41) is 4.73. The molecule has 0 aliphatic carbocycles. The Labute approximate surface area is 181 Å². The summed E-state index contributed by atoms with van der Waals surface area (Å²) < 4.78 is 41.6. The van der Waals surface area contributed by atoms with E-state index in [1.807, 2.05) is 35.9 Å². The fraction of sp³-hybridized carbons (Fsp3) is 0.579. The number of nitrogens with zero attached hydrogens (tertiary/aromatic N) is 4. The molecule has 2 aliphatic rings. The predicted molar refractivity (Wildman–Crippen MR) is 114 cm³/mol. The van der Waals surface area contributed by atoms with E-state index in [0.29, 0.717) is 30.3 Å². The van der Waals surface area contributed by atoms with Crippen molar-refractivity contribution in [1.82, 2.24) is 24.0 Å². The number of hydrogen-bond donors (Lipinski definition) is 1. The van der Waals surface area contributed by atoms with Gasteiger partial charge in [-0.15, -0.1) is 0 Å². The Morgan fingerprint density at radius 2 is 2.07 bits per heavy atom. The topological polar surface area (TPSA) is 90.6 Å². The van der Waals surface area contributed by atoms with Gasteiger partial charge in [0, 0.05) is 20.1 Å². The highest BCUT2D eigenvalue weighted by Crippen LogP contribution is 2.35. The zero-order chi connectivity index (χ0) is 21.3. The minimum absolute atomic E-state index is 0.275. The van der Waals surface area contributed by atoms with Crippen molar-refractivity contribution >= 4 is 22.2 Å². The molecule has 164 valence electrons. The summed E-state index contributed by atoms with van der Waals surface area (Å²) in [5.41, 5.74) is 0. The van der Waals surface area contributed by atoms with Gasteiger partial charge in [0.2, 0.25) is 10.0 Å². The summed E-state index contributed by atoms with van der Waals surface area (Å²) in [6, 6.07) is 7.59. The van der Waals surface area contributed by atoms with Crippen LogP contribution in [0.3, 0.4) is 0 Å². The van der Waals surface area contributed by atoms with Crippen molar-refractivity contribution in [3.63, 3.8) is 0 Å². The number of rotatable bonds is 6. The van der Waals surface area contributed by atoms with Crippen molar-refractivity contribution in [3.8, 4) is 11.5 Å². The first-order valence-corrected chi connectivity index (χ1v) is 12.3. The number of para-hydroxylation sites is 2. The largest absolute Gasteiger partial charge is 0.485 e. The van der Waals surface area contributed by atoms with Gasteiger partial charge in [0.15, 0.2) is 28.2 Å². The Hall–Kier alpha value is -1.95. The van der Waals surface area contributed by atoms with Crippen molar-refractivity contribution in [2.24, 2.45) is 13.0 Å². The van der Waals surface area contributed by atoms with E-state index in [4.69, 9.17) is 26.8 Å². The maximum Gasteiger partial charge on any atom is 0.208 e. The molecule has 2 unspecified atom stereocenters. The van der Waals surface area contributed by atoms with Crippen LogP contribution in [0, 0.1) is 10.7 Å². The van der Waals surface area contributed by atoms with E-state index < -0.39 is 10.0 Å². The van der Waals surface area contributed by atoms with Crippen molar-refractivity contribution in [1.29, 1.82) is 0 Å². The van der Waals surface area contributed by atoms with E-state index >= 15 is 0 Å². The lowest BCUT2D eigenvalue weighted by molar-refractivity contribution is 0.0815. The van der Waals surface area contributed by atoms with Gasteiger partial charge in [-0.1, -0.05) is 12.1 Å². The minimum Gasteiger partial charge on any atom is -0.485 e. The van der Waals surface area contributed by atoms with Gasteiger partial charge >= 0.3 is 0 Å². The van der Waals surface area contributed by atoms with Crippen LogP contribution >= 0.6 is 12.2 Å². The van der Waals surface area contributed by atoms with Crippen LogP contribution in [0.4, 0.5) is 0 Å². The summed E-state index contributed by atoms with van der Waals surface area (Å²) in [5.74, 6) is 2.43. The van der Waals surface area contributed by atoms with Crippen LogP contribution in [0.5, 0.6) is 11.5 Å². The maximum atomic E-state index is 11.4. The van der Waals surface area contributed by atoms with E-state index in [-0.39, 0.29) is 12.0 Å². The third-order valence-corrected chi connectivity index (χ3v) is 6.62. The molecule has 4 rings (SSSR count). The Bertz CT molecular complexity index is 1070. The standard InChI is InChI=1S/C19H27N5O4S2/c1-22-18(17-12-27-15-7-3-4-8-16(15)28-17)21-24(19(22)29)13-23-9-5-6-14(11-23)10-20-30(2,25)26/h3-4,7-8,14,17,20H,5-6,9-13H2,1-2H3. The summed E-state index contributed by atoms with van der Waals surface area (Å²) in [4.78, 5) is 2.26. The summed E-state index contributed by atoms with van der Waals surface area (Å²) in [6.07, 6.45) is 2.88. The number of nitrogens with one attached hydrogen (secondary N) is 1. The average molecular weight is 454 g/mol. The zero-order valence-electron chi connectivity index (χ0n) is 17.2. The molecular weight excluding hydrogens is 426 g/mol. The number of fused-ring (bicyclic) bond motifs is 1. The number of likely N-dealkylation sites (tertiary alicyclic amines) is 1. The first kappa shape index (κ1) is 21.3. The Kier molecular flexibility index (Phi) is 6.14. The molecule has 9 nitrogen and oxygen atoms in total. The quantitative estimate of drug-likeness (QED) is 0.666. The molecule has 0 radical (unpaired) electrons. The third kappa shape index (κ3) is 4.85. The van der Waals surface area contributed by atoms with Crippen LogP contribution in [0.1, 0.15) is 24.8 Å². The molecule has 11 heteroatoms. The van der Waals surface area contributed by atoms with Crippen molar-refractivity contribution in [3.05, 3.63) is 34.9 Å². The number of aromatic nitrogens is 3. The molecule has 30 heavy (non-hydrogen) atoms.